The van der Waals surface area contributed by atoms with Crippen LogP contribution in [-0.2, 0) is 0 Å². The topological polar surface area (TPSA) is 50.9 Å². The summed E-state index contributed by atoms with van der Waals surface area (Å²) in [5.74, 6) is 0.441. The minimum Gasteiger partial charge on any atom is -0.388 e. The van der Waals surface area contributed by atoms with Gasteiger partial charge in [0.15, 0.2) is 0 Å². The number of nitrogens with one attached hydrogen (secondary N) is 1. The molecule has 4 heteroatoms. The number of benzene rings is 1. The van der Waals surface area contributed by atoms with E-state index in [0.717, 1.165) is 12.2 Å². The maximum Gasteiger partial charge on any atom is 0.122 e. The number of hydrogen-bond donors (Lipinski definition) is 2. The fraction of sp³-hybridized carbons (Fsp3) is 0.200. The Labute approximate surface area is 118 Å². The fourth-order valence-electron chi connectivity index (χ4n) is 1.81. The molecule has 0 amide bonds. The standard InChI is InChI=1S/C15H17N3S/c1-11(12-5-3-2-4-6-12)9-17-13-7-8-14(15(16)19)18-10-13/h2-8,10-11,17H,9H2,1H3,(H2,16,19). The smallest absolute Gasteiger partial charge is 0.122 e. The van der Waals surface area contributed by atoms with Crippen molar-refractivity contribution in [1.82, 2.24) is 4.98 Å². The summed E-state index contributed by atoms with van der Waals surface area (Å²) < 4.78 is 0. The number of thiocarbonyl (C=S) groups is 1. The van der Waals surface area contributed by atoms with Gasteiger partial charge in [0.25, 0.3) is 0 Å². The molecule has 3 nitrogen and oxygen atoms in total. The van der Waals surface area contributed by atoms with Crippen LogP contribution in [0.1, 0.15) is 24.1 Å². The second-order valence-corrected chi connectivity index (χ2v) is 4.93. The highest BCUT2D eigenvalue weighted by Crippen LogP contribution is 2.15. The highest BCUT2D eigenvalue weighted by atomic mass is 32.1. The van der Waals surface area contributed by atoms with Crippen LogP contribution in [0.3, 0.4) is 0 Å². The lowest BCUT2D eigenvalue weighted by Gasteiger charge is -2.14. The van der Waals surface area contributed by atoms with Gasteiger partial charge in [0.2, 0.25) is 0 Å². The lowest BCUT2D eigenvalue weighted by molar-refractivity contribution is 0.804. The molecule has 98 valence electrons. The van der Waals surface area contributed by atoms with Crippen LogP contribution >= 0.6 is 12.2 Å². The lowest BCUT2D eigenvalue weighted by Crippen LogP contribution is -2.13. The average molecular weight is 271 g/mol. The second kappa shape index (κ2) is 6.29. The van der Waals surface area contributed by atoms with Crippen molar-refractivity contribution in [1.29, 1.82) is 0 Å². The third-order valence-corrected chi connectivity index (χ3v) is 3.21. The molecule has 1 heterocycles. The van der Waals surface area contributed by atoms with Gasteiger partial charge in [-0.15, -0.1) is 0 Å². The third kappa shape index (κ3) is 3.76. The van der Waals surface area contributed by atoms with Crippen molar-refractivity contribution in [2.45, 2.75) is 12.8 Å². The van der Waals surface area contributed by atoms with E-state index in [-0.39, 0.29) is 0 Å². The molecule has 1 unspecified atom stereocenters. The normalized spacial score (nSPS) is 11.8. The molecule has 0 aliphatic carbocycles. The Balaban J connectivity index is 1.93. The van der Waals surface area contributed by atoms with Crippen LogP contribution in [-0.4, -0.2) is 16.5 Å². The van der Waals surface area contributed by atoms with Gasteiger partial charge in [0, 0.05) is 6.54 Å². The van der Waals surface area contributed by atoms with Crippen LogP contribution < -0.4 is 11.1 Å². The summed E-state index contributed by atoms with van der Waals surface area (Å²) in [5, 5.41) is 3.36. The van der Waals surface area contributed by atoms with E-state index in [2.05, 4.69) is 41.5 Å². The SMILES string of the molecule is CC(CNc1ccc(C(N)=S)nc1)c1ccccc1. The first kappa shape index (κ1) is 13.5. The molecule has 1 atom stereocenters. The number of rotatable bonds is 5. The lowest BCUT2D eigenvalue weighted by atomic mass is 10.0. The van der Waals surface area contributed by atoms with Gasteiger partial charge in [-0.05, 0) is 23.6 Å². The number of pyridine rings is 1. The Bertz CT molecular complexity index is 537. The number of anilines is 1. The average Bonchev–Trinajstić information content (AvgIpc) is 2.46. The molecule has 2 rings (SSSR count). The highest BCUT2D eigenvalue weighted by Gasteiger charge is 2.04. The van der Waals surface area contributed by atoms with Crippen LogP contribution in [0.25, 0.3) is 0 Å². The van der Waals surface area contributed by atoms with Gasteiger partial charge in [-0.3, -0.25) is 4.98 Å². The van der Waals surface area contributed by atoms with E-state index in [9.17, 15) is 0 Å². The monoisotopic (exact) mass is 271 g/mol. The predicted molar refractivity (Wildman–Crippen MR) is 83.5 cm³/mol. The summed E-state index contributed by atoms with van der Waals surface area (Å²) in [5.41, 5.74) is 8.46. The molecule has 0 spiro atoms. The summed E-state index contributed by atoms with van der Waals surface area (Å²) >= 11 is 4.87. The summed E-state index contributed by atoms with van der Waals surface area (Å²) in [6.07, 6.45) is 1.76. The Hall–Kier alpha value is -1.94. The summed E-state index contributed by atoms with van der Waals surface area (Å²) in [6, 6.07) is 14.2. The molecule has 0 saturated carbocycles. The zero-order chi connectivity index (χ0) is 13.7. The molecule has 19 heavy (non-hydrogen) atoms. The third-order valence-electron chi connectivity index (χ3n) is 3.00. The van der Waals surface area contributed by atoms with Gasteiger partial charge < -0.3 is 11.1 Å². The Morgan fingerprint density at radius 1 is 1.26 bits per heavy atom. The molecule has 0 saturated heterocycles. The van der Waals surface area contributed by atoms with Crippen molar-refractivity contribution >= 4 is 22.9 Å². The molecule has 0 aliphatic rings. The highest BCUT2D eigenvalue weighted by molar-refractivity contribution is 7.80. The van der Waals surface area contributed by atoms with Gasteiger partial charge in [-0.25, -0.2) is 0 Å². The van der Waals surface area contributed by atoms with Gasteiger partial charge in [-0.2, -0.15) is 0 Å². The van der Waals surface area contributed by atoms with E-state index in [0.29, 0.717) is 16.6 Å². The first-order chi connectivity index (χ1) is 9.16. The van der Waals surface area contributed by atoms with E-state index in [1.165, 1.54) is 5.56 Å². The van der Waals surface area contributed by atoms with Gasteiger partial charge in [0.1, 0.15) is 4.99 Å². The number of hydrogen-bond acceptors (Lipinski definition) is 3. The van der Waals surface area contributed by atoms with Crippen molar-refractivity contribution in [3.05, 3.63) is 59.9 Å². The maximum absolute atomic E-state index is 5.51. The molecule has 2 aromatic rings. The van der Waals surface area contributed by atoms with Gasteiger partial charge in [0.05, 0.1) is 17.6 Å². The largest absolute Gasteiger partial charge is 0.388 e. The van der Waals surface area contributed by atoms with Gasteiger partial charge in [-0.1, -0.05) is 49.5 Å². The quantitative estimate of drug-likeness (QED) is 0.821. The minimum atomic E-state index is 0.323. The molecule has 3 N–H and O–H groups in total. The number of nitrogens with zero attached hydrogens (tertiary/aromatic N) is 1. The van der Waals surface area contributed by atoms with Crippen molar-refractivity contribution in [3.8, 4) is 0 Å². The van der Waals surface area contributed by atoms with Crippen LogP contribution in [0, 0.1) is 0 Å². The first-order valence-electron chi connectivity index (χ1n) is 6.21. The number of aromatic nitrogens is 1. The van der Waals surface area contributed by atoms with Crippen LogP contribution in [0.15, 0.2) is 48.7 Å². The van der Waals surface area contributed by atoms with Crippen LogP contribution in [0.4, 0.5) is 5.69 Å². The fourth-order valence-corrected chi connectivity index (χ4v) is 1.94. The number of nitrogens with two attached hydrogens (primary N) is 1. The Morgan fingerprint density at radius 2 is 2.00 bits per heavy atom. The summed E-state index contributed by atoms with van der Waals surface area (Å²) in [6.45, 7) is 3.05. The first-order valence-corrected chi connectivity index (χ1v) is 6.62. The molecule has 0 aliphatic heterocycles. The molecule has 0 fully saturated rings. The molecule has 1 aromatic carbocycles. The minimum absolute atomic E-state index is 0.323. The molecular weight excluding hydrogens is 254 g/mol. The Morgan fingerprint density at radius 3 is 2.58 bits per heavy atom. The van der Waals surface area contributed by atoms with Crippen LogP contribution in [0.5, 0.6) is 0 Å². The Kier molecular flexibility index (Phi) is 4.47. The maximum atomic E-state index is 5.51. The zero-order valence-electron chi connectivity index (χ0n) is 10.8. The van der Waals surface area contributed by atoms with Gasteiger partial charge >= 0.3 is 0 Å². The molecule has 0 radical (unpaired) electrons. The van der Waals surface area contributed by atoms with E-state index in [1.54, 1.807) is 6.20 Å². The van der Waals surface area contributed by atoms with Crippen LogP contribution in [0.2, 0.25) is 0 Å². The molecule has 0 bridgehead atoms. The van der Waals surface area contributed by atoms with Crippen molar-refractivity contribution in [3.63, 3.8) is 0 Å². The van der Waals surface area contributed by atoms with E-state index >= 15 is 0 Å². The van der Waals surface area contributed by atoms with Crippen molar-refractivity contribution in [2.24, 2.45) is 5.73 Å². The zero-order valence-corrected chi connectivity index (χ0v) is 11.7. The predicted octanol–water partition coefficient (Wildman–Crippen LogP) is 2.93. The molecule has 1 aromatic heterocycles. The van der Waals surface area contributed by atoms with E-state index in [1.807, 2.05) is 18.2 Å². The summed E-state index contributed by atoms with van der Waals surface area (Å²) in [4.78, 5) is 4.52. The van der Waals surface area contributed by atoms with E-state index in [4.69, 9.17) is 18.0 Å². The second-order valence-electron chi connectivity index (χ2n) is 4.49. The molecular formula is C15H17N3S. The summed E-state index contributed by atoms with van der Waals surface area (Å²) in [7, 11) is 0. The van der Waals surface area contributed by atoms with E-state index < -0.39 is 0 Å². The van der Waals surface area contributed by atoms with Crippen molar-refractivity contribution in [2.75, 3.05) is 11.9 Å². The van der Waals surface area contributed by atoms with Crippen molar-refractivity contribution < 1.29 is 0 Å².